The summed E-state index contributed by atoms with van der Waals surface area (Å²) >= 11 is 3.31. The zero-order valence-electron chi connectivity index (χ0n) is 8.62. The molecule has 2 rings (SSSR count). The maximum atomic E-state index is 11.6. The van der Waals surface area contributed by atoms with Gasteiger partial charge in [-0.05, 0) is 17.7 Å². The fraction of sp³-hybridized carbons (Fsp3) is 0.273. The van der Waals surface area contributed by atoms with Crippen LogP contribution < -0.4 is 5.32 Å². The van der Waals surface area contributed by atoms with Gasteiger partial charge in [0.15, 0.2) is 0 Å². The molecule has 0 fully saturated rings. The molecule has 16 heavy (non-hydrogen) atoms. The average molecular weight is 284 g/mol. The Morgan fingerprint density at radius 2 is 2.31 bits per heavy atom. The summed E-state index contributed by atoms with van der Waals surface area (Å²) in [5.41, 5.74) is 1.46. The topological polar surface area (TPSA) is 55.4 Å². The average Bonchev–Trinajstić information content (AvgIpc) is 2.55. The number of carbonyl (C=O) groups excluding carboxylic acids is 2. The van der Waals surface area contributed by atoms with Crippen molar-refractivity contribution >= 4 is 27.8 Å². The van der Waals surface area contributed by atoms with E-state index in [2.05, 4.69) is 26.0 Å². The molecule has 0 unspecified atom stereocenters. The molecule has 84 valence electrons. The highest BCUT2D eigenvalue weighted by atomic mass is 79.9. The van der Waals surface area contributed by atoms with Crippen LogP contribution in [0.5, 0.6) is 0 Å². The Kier molecular flexibility index (Phi) is 2.96. The Hall–Kier alpha value is -1.36. The SMILES string of the molecule is COC(=O)C[C@@H]1NC(=O)c2cc(Br)ccc21. The van der Waals surface area contributed by atoms with Crippen molar-refractivity contribution in [2.45, 2.75) is 12.5 Å². The van der Waals surface area contributed by atoms with E-state index in [4.69, 9.17) is 0 Å². The lowest BCUT2D eigenvalue weighted by atomic mass is 10.0. The van der Waals surface area contributed by atoms with Crippen molar-refractivity contribution in [3.8, 4) is 0 Å². The Morgan fingerprint density at radius 1 is 1.56 bits per heavy atom. The minimum Gasteiger partial charge on any atom is -0.469 e. The van der Waals surface area contributed by atoms with Crippen molar-refractivity contribution in [3.63, 3.8) is 0 Å². The first-order chi connectivity index (χ1) is 7.61. The number of hydrogen-bond donors (Lipinski definition) is 1. The first kappa shape index (κ1) is 11.1. The zero-order valence-corrected chi connectivity index (χ0v) is 10.2. The first-order valence-corrected chi connectivity index (χ1v) is 5.58. The molecule has 0 saturated heterocycles. The van der Waals surface area contributed by atoms with Crippen LogP contribution in [0.3, 0.4) is 0 Å². The second kappa shape index (κ2) is 4.25. The fourth-order valence-electron chi connectivity index (χ4n) is 1.75. The number of carbonyl (C=O) groups is 2. The van der Waals surface area contributed by atoms with Crippen LogP contribution in [0.15, 0.2) is 22.7 Å². The molecule has 1 N–H and O–H groups in total. The number of ether oxygens (including phenoxy) is 1. The monoisotopic (exact) mass is 283 g/mol. The van der Waals surface area contributed by atoms with E-state index in [9.17, 15) is 9.59 Å². The first-order valence-electron chi connectivity index (χ1n) is 4.79. The van der Waals surface area contributed by atoms with Gasteiger partial charge in [0.2, 0.25) is 0 Å². The van der Waals surface area contributed by atoms with Crippen LogP contribution in [0.25, 0.3) is 0 Å². The van der Waals surface area contributed by atoms with Crippen molar-refractivity contribution in [2.24, 2.45) is 0 Å². The van der Waals surface area contributed by atoms with E-state index in [0.717, 1.165) is 10.0 Å². The number of rotatable bonds is 2. The van der Waals surface area contributed by atoms with Crippen LogP contribution in [0.1, 0.15) is 28.4 Å². The number of esters is 1. The van der Waals surface area contributed by atoms with E-state index in [0.29, 0.717) is 5.56 Å². The summed E-state index contributed by atoms with van der Waals surface area (Å²) in [7, 11) is 1.33. The van der Waals surface area contributed by atoms with Gasteiger partial charge in [-0.3, -0.25) is 9.59 Å². The summed E-state index contributed by atoms with van der Waals surface area (Å²) < 4.78 is 5.43. The number of nitrogens with one attached hydrogen (secondary N) is 1. The molecular weight excluding hydrogens is 274 g/mol. The minimum absolute atomic E-state index is 0.148. The molecule has 1 aromatic carbocycles. The fourth-order valence-corrected chi connectivity index (χ4v) is 2.11. The molecule has 0 aromatic heterocycles. The van der Waals surface area contributed by atoms with Crippen LogP contribution in [0, 0.1) is 0 Å². The molecule has 1 atom stereocenters. The van der Waals surface area contributed by atoms with Crippen molar-refractivity contribution < 1.29 is 14.3 Å². The summed E-state index contributed by atoms with van der Waals surface area (Å²) in [5, 5.41) is 2.75. The Morgan fingerprint density at radius 3 is 3.00 bits per heavy atom. The number of methoxy groups -OCH3 is 1. The molecule has 0 spiro atoms. The molecule has 1 aliphatic heterocycles. The molecule has 0 saturated carbocycles. The number of halogens is 1. The Balaban J connectivity index is 2.29. The van der Waals surface area contributed by atoms with E-state index in [1.807, 2.05) is 12.1 Å². The van der Waals surface area contributed by atoms with Gasteiger partial charge in [-0.2, -0.15) is 0 Å². The maximum absolute atomic E-state index is 11.6. The summed E-state index contributed by atoms with van der Waals surface area (Å²) in [5.74, 6) is -0.480. The molecule has 0 radical (unpaired) electrons. The molecule has 1 aliphatic rings. The molecule has 1 amide bonds. The largest absolute Gasteiger partial charge is 0.469 e. The van der Waals surface area contributed by atoms with Gasteiger partial charge >= 0.3 is 5.97 Å². The van der Waals surface area contributed by atoms with E-state index < -0.39 is 0 Å². The van der Waals surface area contributed by atoms with Crippen LogP contribution in [0.4, 0.5) is 0 Å². The second-order valence-electron chi connectivity index (χ2n) is 3.54. The highest BCUT2D eigenvalue weighted by molar-refractivity contribution is 9.10. The number of hydrogen-bond acceptors (Lipinski definition) is 3. The van der Waals surface area contributed by atoms with Gasteiger partial charge in [0.1, 0.15) is 0 Å². The smallest absolute Gasteiger partial charge is 0.307 e. The molecule has 0 bridgehead atoms. The van der Waals surface area contributed by atoms with Crippen molar-refractivity contribution in [3.05, 3.63) is 33.8 Å². The highest BCUT2D eigenvalue weighted by Crippen LogP contribution is 2.30. The summed E-state index contributed by atoms with van der Waals surface area (Å²) in [6.45, 7) is 0. The lowest BCUT2D eigenvalue weighted by Gasteiger charge is -2.09. The van der Waals surface area contributed by atoms with Crippen LogP contribution in [-0.4, -0.2) is 19.0 Å². The van der Waals surface area contributed by atoms with Gasteiger partial charge < -0.3 is 10.1 Å². The predicted molar refractivity (Wildman–Crippen MR) is 61.0 cm³/mol. The quantitative estimate of drug-likeness (QED) is 0.842. The van der Waals surface area contributed by atoms with Crippen LogP contribution in [-0.2, 0) is 9.53 Å². The molecule has 1 aromatic rings. The third-order valence-electron chi connectivity index (χ3n) is 2.54. The number of benzene rings is 1. The lowest BCUT2D eigenvalue weighted by Crippen LogP contribution is -2.21. The Bertz CT molecular complexity index is 459. The minimum atomic E-state index is -0.332. The third-order valence-corrected chi connectivity index (χ3v) is 3.03. The van der Waals surface area contributed by atoms with Crippen LogP contribution in [0.2, 0.25) is 0 Å². The Labute approximate surface area is 101 Å². The van der Waals surface area contributed by atoms with Gasteiger partial charge in [0.25, 0.3) is 5.91 Å². The summed E-state index contributed by atoms with van der Waals surface area (Å²) in [6, 6.07) is 5.17. The summed E-state index contributed by atoms with van der Waals surface area (Å²) in [6.07, 6.45) is 0.164. The standard InChI is InChI=1S/C11H10BrNO3/c1-16-10(14)5-9-7-3-2-6(12)4-8(7)11(15)13-9/h2-4,9H,5H2,1H3,(H,13,15)/t9-/m0/s1. The van der Waals surface area contributed by atoms with Crippen molar-refractivity contribution in [1.82, 2.24) is 5.32 Å². The zero-order chi connectivity index (χ0) is 11.7. The van der Waals surface area contributed by atoms with Crippen LogP contribution >= 0.6 is 15.9 Å². The van der Waals surface area contributed by atoms with Gasteiger partial charge in [0, 0.05) is 10.0 Å². The van der Waals surface area contributed by atoms with Gasteiger partial charge in [0.05, 0.1) is 19.6 Å². The van der Waals surface area contributed by atoms with Crippen molar-refractivity contribution in [1.29, 1.82) is 0 Å². The maximum Gasteiger partial charge on any atom is 0.307 e. The highest BCUT2D eigenvalue weighted by Gasteiger charge is 2.30. The van der Waals surface area contributed by atoms with E-state index >= 15 is 0 Å². The van der Waals surface area contributed by atoms with E-state index in [-0.39, 0.29) is 24.3 Å². The van der Waals surface area contributed by atoms with Gasteiger partial charge in [-0.25, -0.2) is 0 Å². The second-order valence-corrected chi connectivity index (χ2v) is 4.45. The van der Waals surface area contributed by atoms with Gasteiger partial charge in [-0.1, -0.05) is 22.0 Å². The van der Waals surface area contributed by atoms with Crippen molar-refractivity contribution in [2.75, 3.05) is 7.11 Å². The number of fused-ring (bicyclic) bond motifs is 1. The van der Waals surface area contributed by atoms with E-state index in [1.165, 1.54) is 7.11 Å². The van der Waals surface area contributed by atoms with Gasteiger partial charge in [-0.15, -0.1) is 0 Å². The number of amides is 1. The predicted octanol–water partition coefficient (Wildman–Crippen LogP) is 1.80. The lowest BCUT2D eigenvalue weighted by molar-refractivity contribution is -0.141. The molecule has 4 nitrogen and oxygen atoms in total. The summed E-state index contributed by atoms with van der Waals surface area (Å²) in [4.78, 5) is 22.8. The third kappa shape index (κ3) is 1.95. The molecule has 5 heteroatoms. The molecule has 0 aliphatic carbocycles. The normalized spacial score (nSPS) is 17.9. The molecular formula is C11H10BrNO3. The molecule has 1 heterocycles. The van der Waals surface area contributed by atoms with E-state index in [1.54, 1.807) is 6.07 Å².